The van der Waals surface area contributed by atoms with Crippen molar-refractivity contribution in [2.24, 2.45) is 4.99 Å². The molecule has 1 N–H and O–H groups in total. The third kappa shape index (κ3) is 5.03. The normalized spacial score (nSPS) is 18.2. The number of hydrogen-bond donors (Lipinski definition) is 1. The standard InChI is InChI=1S/C24H31N3O5S/c1-7-14(3)25-20(28)12-16-13-33-24-26-17(8-2)21(23(29)32-6)22(27(16)24)15-9-10-18(30-4)19(11-15)31-5/h9-11,13-14,22H,7-8,12H2,1-6H3,(H,25,28). The number of nitrogens with zero attached hydrogens (tertiary/aromatic N) is 2. The first-order valence-corrected chi connectivity index (χ1v) is 11.8. The van der Waals surface area contributed by atoms with Gasteiger partial charge in [0, 0.05) is 11.7 Å². The van der Waals surface area contributed by atoms with E-state index in [1.54, 1.807) is 14.2 Å². The lowest BCUT2D eigenvalue weighted by Crippen LogP contribution is -2.39. The Hall–Kier alpha value is -2.94. The van der Waals surface area contributed by atoms with Gasteiger partial charge >= 0.3 is 5.97 Å². The van der Waals surface area contributed by atoms with Crippen molar-refractivity contribution in [3.05, 3.63) is 46.1 Å². The van der Waals surface area contributed by atoms with Crippen molar-refractivity contribution in [3.8, 4) is 11.5 Å². The number of carbonyl (C=O) groups excluding carboxylic acids is 2. The van der Waals surface area contributed by atoms with E-state index in [0.29, 0.717) is 29.2 Å². The van der Waals surface area contributed by atoms with Gasteiger partial charge in [0.05, 0.1) is 45.1 Å². The van der Waals surface area contributed by atoms with Gasteiger partial charge < -0.3 is 24.4 Å². The number of thioether (sulfide) groups is 1. The molecule has 3 rings (SSSR count). The van der Waals surface area contributed by atoms with Crippen molar-refractivity contribution in [1.82, 2.24) is 10.2 Å². The Morgan fingerprint density at radius 1 is 1.18 bits per heavy atom. The summed E-state index contributed by atoms with van der Waals surface area (Å²) in [5.41, 5.74) is 2.70. The van der Waals surface area contributed by atoms with Gasteiger partial charge in [-0.05, 0) is 42.9 Å². The fourth-order valence-electron chi connectivity index (χ4n) is 3.84. The fraction of sp³-hybridized carbons (Fsp3) is 0.458. The van der Waals surface area contributed by atoms with Gasteiger partial charge in [0.1, 0.15) is 0 Å². The van der Waals surface area contributed by atoms with Gasteiger partial charge in [-0.25, -0.2) is 9.79 Å². The first-order chi connectivity index (χ1) is 15.9. The highest BCUT2D eigenvalue weighted by atomic mass is 32.2. The number of methoxy groups -OCH3 is 3. The number of rotatable bonds is 9. The van der Waals surface area contributed by atoms with Crippen molar-refractivity contribution in [2.45, 2.75) is 52.1 Å². The number of carbonyl (C=O) groups is 2. The number of benzene rings is 1. The van der Waals surface area contributed by atoms with Crippen LogP contribution in [-0.2, 0) is 14.3 Å². The molecule has 2 heterocycles. The molecule has 0 fully saturated rings. The number of aliphatic imine (C=N–C) groups is 1. The third-order valence-electron chi connectivity index (χ3n) is 5.71. The van der Waals surface area contributed by atoms with E-state index in [0.717, 1.165) is 22.8 Å². The molecule has 0 aromatic heterocycles. The Morgan fingerprint density at radius 2 is 1.91 bits per heavy atom. The lowest BCUT2D eigenvalue weighted by atomic mass is 9.92. The second-order valence-corrected chi connectivity index (χ2v) is 8.60. The van der Waals surface area contributed by atoms with Crippen LogP contribution in [0, 0.1) is 0 Å². The van der Waals surface area contributed by atoms with Crippen molar-refractivity contribution in [1.29, 1.82) is 0 Å². The van der Waals surface area contributed by atoms with Crippen LogP contribution in [-0.4, -0.2) is 49.3 Å². The molecule has 1 aromatic rings. The maximum absolute atomic E-state index is 13.0. The quantitative estimate of drug-likeness (QED) is 0.539. The molecule has 0 bridgehead atoms. The van der Waals surface area contributed by atoms with Crippen molar-refractivity contribution in [3.63, 3.8) is 0 Å². The third-order valence-corrected chi connectivity index (χ3v) is 6.60. The summed E-state index contributed by atoms with van der Waals surface area (Å²) in [5.74, 6) is 0.612. The van der Waals surface area contributed by atoms with E-state index in [1.807, 2.05) is 49.3 Å². The number of allylic oxidation sites excluding steroid dienone is 1. The second-order valence-electron chi connectivity index (χ2n) is 7.77. The molecule has 2 unspecified atom stereocenters. The summed E-state index contributed by atoms with van der Waals surface area (Å²) in [4.78, 5) is 32.4. The molecule has 33 heavy (non-hydrogen) atoms. The molecule has 1 amide bonds. The number of amidine groups is 1. The van der Waals surface area contributed by atoms with Crippen molar-refractivity contribution < 1.29 is 23.8 Å². The summed E-state index contributed by atoms with van der Waals surface area (Å²) >= 11 is 1.45. The zero-order chi connectivity index (χ0) is 24.1. The summed E-state index contributed by atoms with van der Waals surface area (Å²) in [5, 5.41) is 5.66. The minimum Gasteiger partial charge on any atom is -0.493 e. The van der Waals surface area contributed by atoms with Crippen LogP contribution in [0.15, 0.2) is 45.6 Å². The molecule has 2 aliphatic heterocycles. The predicted octanol–water partition coefficient (Wildman–Crippen LogP) is 4.15. The number of ether oxygens (including phenoxy) is 3. The van der Waals surface area contributed by atoms with Crippen LogP contribution in [0.4, 0.5) is 0 Å². The summed E-state index contributed by atoms with van der Waals surface area (Å²) in [6, 6.07) is 5.12. The zero-order valence-electron chi connectivity index (χ0n) is 19.9. The highest BCUT2D eigenvalue weighted by Crippen LogP contribution is 2.46. The Labute approximate surface area is 199 Å². The van der Waals surface area contributed by atoms with Crippen molar-refractivity contribution >= 4 is 28.8 Å². The highest BCUT2D eigenvalue weighted by Gasteiger charge is 2.41. The van der Waals surface area contributed by atoms with Gasteiger partial charge in [-0.15, -0.1) is 0 Å². The van der Waals surface area contributed by atoms with Crippen LogP contribution >= 0.6 is 11.8 Å². The molecule has 8 nitrogen and oxygen atoms in total. The zero-order valence-corrected chi connectivity index (χ0v) is 20.7. The van der Waals surface area contributed by atoms with Gasteiger partial charge in [-0.1, -0.05) is 31.7 Å². The molecule has 0 aliphatic carbocycles. The number of hydrogen-bond acceptors (Lipinski definition) is 8. The van der Waals surface area contributed by atoms with E-state index in [9.17, 15) is 9.59 Å². The van der Waals surface area contributed by atoms with Gasteiger partial charge in [0.25, 0.3) is 0 Å². The fourth-order valence-corrected chi connectivity index (χ4v) is 4.78. The molecule has 178 valence electrons. The Morgan fingerprint density at radius 3 is 2.52 bits per heavy atom. The summed E-state index contributed by atoms with van der Waals surface area (Å²) in [6.45, 7) is 5.95. The first-order valence-electron chi connectivity index (χ1n) is 10.9. The second kappa shape index (κ2) is 10.8. The van der Waals surface area contributed by atoms with Crippen LogP contribution in [0.1, 0.15) is 51.6 Å². The van der Waals surface area contributed by atoms with Gasteiger partial charge in [0.2, 0.25) is 5.91 Å². The van der Waals surface area contributed by atoms with E-state index in [1.165, 1.54) is 18.9 Å². The van der Waals surface area contributed by atoms with Crippen LogP contribution in [0.5, 0.6) is 11.5 Å². The van der Waals surface area contributed by atoms with E-state index < -0.39 is 12.0 Å². The molecule has 0 saturated heterocycles. The summed E-state index contributed by atoms with van der Waals surface area (Å²) in [6.07, 6.45) is 1.59. The SMILES string of the molecule is CCC1=C(C(=O)OC)C(c2ccc(OC)c(OC)c2)N2C(CC(=O)NC(C)CC)=CSC2=N1. The van der Waals surface area contributed by atoms with E-state index in [-0.39, 0.29) is 18.4 Å². The van der Waals surface area contributed by atoms with Gasteiger partial charge in [-0.2, -0.15) is 0 Å². The number of nitrogens with one attached hydrogen (secondary N) is 1. The maximum Gasteiger partial charge on any atom is 0.338 e. The Bertz CT molecular complexity index is 1020. The molecule has 0 spiro atoms. The summed E-state index contributed by atoms with van der Waals surface area (Å²) in [7, 11) is 4.51. The number of esters is 1. The molecule has 0 radical (unpaired) electrons. The Balaban J connectivity index is 2.09. The summed E-state index contributed by atoms with van der Waals surface area (Å²) < 4.78 is 16.1. The van der Waals surface area contributed by atoms with Crippen LogP contribution in [0.3, 0.4) is 0 Å². The number of fused-ring (bicyclic) bond motifs is 1. The average molecular weight is 474 g/mol. The van der Waals surface area contributed by atoms with E-state index in [4.69, 9.17) is 19.2 Å². The number of amides is 1. The van der Waals surface area contributed by atoms with E-state index in [2.05, 4.69) is 5.32 Å². The lowest BCUT2D eigenvalue weighted by Gasteiger charge is -2.36. The van der Waals surface area contributed by atoms with Gasteiger partial charge in [-0.3, -0.25) is 4.79 Å². The van der Waals surface area contributed by atoms with Crippen LogP contribution in [0.2, 0.25) is 0 Å². The molecule has 1 aromatic carbocycles. The van der Waals surface area contributed by atoms with Crippen LogP contribution in [0.25, 0.3) is 0 Å². The largest absolute Gasteiger partial charge is 0.493 e. The molecule has 2 atom stereocenters. The minimum absolute atomic E-state index is 0.0756. The lowest BCUT2D eigenvalue weighted by molar-refractivity contribution is -0.136. The molecule has 9 heteroatoms. The molecule has 0 saturated carbocycles. The monoisotopic (exact) mass is 473 g/mol. The highest BCUT2D eigenvalue weighted by molar-refractivity contribution is 8.16. The van der Waals surface area contributed by atoms with Gasteiger partial charge in [0.15, 0.2) is 16.7 Å². The molecular formula is C24H31N3O5S. The topological polar surface area (TPSA) is 89.5 Å². The van der Waals surface area contributed by atoms with Crippen molar-refractivity contribution in [2.75, 3.05) is 21.3 Å². The van der Waals surface area contributed by atoms with Crippen LogP contribution < -0.4 is 14.8 Å². The molecule has 2 aliphatic rings. The first kappa shape index (κ1) is 24.7. The molecular weight excluding hydrogens is 442 g/mol. The predicted molar refractivity (Wildman–Crippen MR) is 129 cm³/mol. The Kier molecular flexibility index (Phi) is 8.07. The maximum atomic E-state index is 13.0. The minimum atomic E-state index is -0.516. The van der Waals surface area contributed by atoms with E-state index >= 15 is 0 Å². The average Bonchev–Trinajstić information content (AvgIpc) is 3.23. The smallest absolute Gasteiger partial charge is 0.338 e.